The van der Waals surface area contributed by atoms with Gasteiger partial charge in [0.2, 0.25) is 0 Å². The highest BCUT2D eigenvalue weighted by Gasteiger charge is 2.42. The number of hydrogen-bond acceptors (Lipinski definition) is 4. The van der Waals surface area contributed by atoms with Crippen molar-refractivity contribution >= 4 is 0 Å². The smallest absolute Gasteiger partial charge is 0.119 e. The highest BCUT2D eigenvalue weighted by atomic mass is 16.5. The van der Waals surface area contributed by atoms with Gasteiger partial charge in [0.25, 0.3) is 0 Å². The molecule has 2 aliphatic heterocycles. The lowest BCUT2D eigenvalue weighted by Gasteiger charge is -2.23. The minimum absolute atomic E-state index is 0.486. The molecule has 2 aromatic carbocycles. The van der Waals surface area contributed by atoms with Gasteiger partial charge in [-0.1, -0.05) is 30.3 Å². The Bertz CT molecular complexity index is 1010. The zero-order chi connectivity index (χ0) is 20.6. The van der Waals surface area contributed by atoms with E-state index in [-0.39, 0.29) is 0 Å². The summed E-state index contributed by atoms with van der Waals surface area (Å²) >= 11 is 0. The van der Waals surface area contributed by atoms with Crippen LogP contribution in [0.25, 0.3) is 16.9 Å². The molecule has 30 heavy (non-hydrogen) atoms. The van der Waals surface area contributed by atoms with Crippen LogP contribution >= 0.6 is 0 Å². The average Bonchev–Trinajstić information content (AvgIpc) is 3.48. The molecule has 5 heteroatoms. The number of para-hydroxylation sites is 1. The fourth-order valence-corrected chi connectivity index (χ4v) is 5.15. The molecular weight excluding hydrogens is 372 g/mol. The molecule has 0 radical (unpaired) electrons. The van der Waals surface area contributed by atoms with E-state index in [1.54, 1.807) is 7.11 Å². The molecule has 156 valence electrons. The van der Waals surface area contributed by atoms with Crippen LogP contribution in [0.1, 0.15) is 18.4 Å². The molecule has 5 rings (SSSR count). The summed E-state index contributed by atoms with van der Waals surface area (Å²) in [7, 11) is 3.97. The topological polar surface area (TPSA) is 33.5 Å². The summed E-state index contributed by atoms with van der Waals surface area (Å²) in [6.45, 7) is 5.75. The standard InChI is InChI=1S/C25H30N4O/c1-27-13-11-25(18-27)12-14-28(19-25)16-21-17-29(22-8-4-3-5-9-22)26-24(21)20-7-6-10-23(15-20)30-2/h3-10,15,17H,11-14,16,18-19H2,1-2H3. The summed E-state index contributed by atoms with van der Waals surface area (Å²) in [6.07, 6.45) is 4.83. The van der Waals surface area contributed by atoms with E-state index in [0.717, 1.165) is 29.2 Å². The van der Waals surface area contributed by atoms with Gasteiger partial charge >= 0.3 is 0 Å². The van der Waals surface area contributed by atoms with E-state index < -0.39 is 0 Å². The second kappa shape index (κ2) is 7.89. The van der Waals surface area contributed by atoms with E-state index in [2.05, 4.69) is 59.4 Å². The van der Waals surface area contributed by atoms with Crippen molar-refractivity contribution in [1.82, 2.24) is 19.6 Å². The molecule has 2 fully saturated rings. The lowest BCUT2D eigenvalue weighted by atomic mass is 9.86. The van der Waals surface area contributed by atoms with E-state index in [1.807, 2.05) is 22.9 Å². The predicted molar refractivity (Wildman–Crippen MR) is 120 cm³/mol. The monoisotopic (exact) mass is 402 g/mol. The Labute approximate surface area is 178 Å². The number of methoxy groups -OCH3 is 1. The quantitative estimate of drug-likeness (QED) is 0.644. The number of nitrogens with zero attached hydrogens (tertiary/aromatic N) is 4. The maximum Gasteiger partial charge on any atom is 0.119 e. The Hall–Kier alpha value is -2.63. The third-order valence-corrected chi connectivity index (χ3v) is 6.69. The van der Waals surface area contributed by atoms with Crippen LogP contribution in [0.15, 0.2) is 60.8 Å². The highest BCUT2D eigenvalue weighted by molar-refractivity contribution is 5.65. The Morgan fingerprint density at radius 3 is 2.60 bits per heavy atom. The lowest BCUT2D eigenvalue weighted by molar-refractivity contribution is 0.251. The van der Waals surface area contributed by atoms with Crippen LogP contribution in [0.5, 0.6) is 5.75 Å². The third-order valence-electron chi connectivity index (χ3n) is 6.69. The average molecular weight is 403 g/mol. The second-order valence-electron chi connectivity index (χ2n) is 8.96. The van der Waals surface area contributed by atoms with Crippen molar-refractivity contribution in [2.24, 2.45) is 5.41 Å². The van der Waals surface area contributed by atoms with Gasteiger partial charge < -0.3 is 9.64 Å². The SMILES string of the molecule is COc1cccc(-c2nn(-c3ccccc3)cc2CN2CCC3(CCN(C)C3)C2)c1. The Morgan fingerprint density at radius 1 is 1.00 bits per heavy atom. The molecule has 0 bridgehead atoms. The molecule has 0 aliphatic carbocycles. The van der Waals surface area contributed by atoms with Crippen LogP contribution in [-0.2, 0) is 6.54 Å². The number of ether oxygens (including phenoxy) is 1. The maximum atomic E-state index is 5.46. The maximum absolute atomic E-state index is 5.46. The van der Waals surface area contributed by atoms with E-state index >= 15 is 0 Å². The summed E-state index contributed by atoms with van der Waals surface area (Å²) in [5.74, 6) is 0.863. The molecule has 1 aromatic heterocycles. The van der Waals surface area contributed by atoms with Gasteiger partial charge in [-0.3, -0.25) is 4.90 Å². The molecule has 1 atom stereocenters. The first kappa shape index (κ1) is 19.3. The van der Waals surface area contributed by atoms with Crippen molar-refractivity contribution < 1.29 is 4.74 Å². The minimum atomic E-state index is 0.486. The molecule has 3 aromatic rings. The zero-order valence-corrected chi connectivity index (χ0v) is 17.9. The van der Waals surface area contributed by atoms with Crippen LogP contribution in [0.4, 0.5) is 0 Å². The van der Waals surface area contributed by atoms with E-state index in [0.29, 0.717) is 5.41 Å². The summed E-state index contributed by atoms with van der Waals surface area (Å²) in [5.41, 5.74) is 5.00. The van der Waals surface area contributed by atoms with E-state index in [1.165, 1.54) is 44.6 Å². The van der Waals surface area contributed by atoms with Crippen molar-refractivity contribution in [2.75, 3.05) is 40.3 Å². The van der Waals surface area contributed by atoms with Gasteiger partial charge in [0.05, 0.1) is 18.5 Å². The summed E-state index contributed by atoms with van der Waals surface area (Å²) in [5, 5.41) is 5.00. The molecule has 0 saturated carbocycles. The highest BCUT2D eigenvalue weighted by Crippen LogP contribution is 2.40. The number of hydrogen-bond donors (Lipinski definition) is 0. The largest absolute Gasteiger partial charge is 0.497 e. The summed E-state index contributed by atoms with van der Waals surface area (Å²) < 4.78 is 7.48. The van der Waals surface area contributed by atoms with Gasteiger partial charge in [0.15, 0.2) is 0 Å². The van der Waals surface area contributed by atoms with Crippen molar-refractivity contribution in [3.8, 4) is 22.7 Å². The molecule has 2 aliphatic rings. The first-order valence-corrected chi connectivity index (χ1v) is 10.8. The molecule has 5 nitrogen and oxygen atoms in total. The van der Waals surface area contributed by atoms with Crippen LogP contribution in [0.2, 0.25) is 0 Å². The molecule has 2 saturated heterocycles. The Balaban J connectivity index is 1.46. The summed E-state index contributed by atoms with van der Waals surface area (Å²) in [4.78, 5) is 5.10. The van der Waals surface area contributed by atoms with Crippen molar-refractivity contribution in [3.05, 3.63) is 66.4 Å². The molecular formula is C25H30N4O. The van der Waals surface area contributed by atoms with Gasteiger partial charge in [-0.25, -0.2) is 4.68 Å². The van der Waals surface area contributed by atoms with Crippen molar-refractivity contribution in [3.63, 3.8) is 0 Å². The minimum Gasteiger partial charge on any atom is -0.497 e. The van der Waals surface area contributed by atoms with Gasteiger partial charge in [0.1, 0.15) is 5.75 Å². The van der Waals surface area contributed by atoms with Gasteiger partial charge in [0, 0.05) is 37.0 Å². The summed E-state index contributed by atoms with van der Waals surface area (Å²) in [6, 6.07) is 18.6. The molecule has 1 spiro atoms. The van der Waals surface area contributed by atoms with Crippen molar-refractivity contribution in [1.29, 1.82) is 0 Å². The van der Waals surface area contributed by atoms with Crippen LogP contribution < -0.4 is 4.74 Å². The first-order chi connectivity index (χ1) is 14.6. The van der Waals surface area contributed by atoms with Crippen molar-refractivity contribution in [2.45, 2.75) is 19.4 Å². The van der Waals surface area contributed by atoms with E-state index in [4.69, 9.17) is 9.84 Å². The zero-order valence-electron chi connectivity index (χ0n) is 17.9. The molecule has 1 unspecified atom stereocenters. The number of likely N-dealkylation sites (tertiary alicyclic amines) is 2. The van der Waals surface area contributed by atoms with E-state index in [9.17, 15) is 0 Å². The fraction of sp³-hybridized carbons (Fsp3) is 0.400. The lowest BCUT2D eigenvalue weighted by Crippen LogP contribution is -2.29. The van der Waals surface area contributed by atoms with Crippen LogP contribution in [-0.4, -0.2) is 59.9 Å². The van der Waals surface area contributed by atoms with Gasteiger partial charge in [-0.2, -0.15) is 5.10 Å². The number of rotatable bonds is 5. The fourth-order valence-electron chi connectivity index (χ4n) is 5.15. The molecule has 3 heterocycles. The predicted octanol–water partition coefficient (Wildman–Crippen LogP) is 4.08. The number of aromatic nitrogens is 2. The molecule has 0 N–H and O–H groups in total. The third kappa shape index (κ3) is 3.75. The Kier molecular flexibility index (Phi) is 5.09. The normalized spacial score (nSPS) is 22.2. The Morgan fingerprint density at radius 2 is 1.83 bits per heavy atom. The first-order valence-electron chi connectivity index (χ1n) is 10.8. The van der Waals surface area contributed by atoms with Gasteiger partial charge in [-0.15, -0.1) is 0 Å². The second-order valence-corrected chi connectivity index (χ2v) is 8.96. The van der Waals surface area contributed by atoms with Crippen LogP contribution in [0.3, 0.4) is 0 Å². The van der Waals surface area contributed by atoms with Gasteiger partial charge in [-0.05, 0) is 62.7 Å². The molecule has 0 amide bonds. The number of benzene rings is 2. The van der Waals surface area contributed by atoms with Crippen LogP contribution in [0, 0.1) is 5.41 Å².